The smallest absolute Gasteiger partial charge is 0.221 e. The SMILES string of the molecule is CC(=O)Nc1sccc1/C=N\NO. The molecular formula is C7H9N3O2S. The molecule has 1 aromatic rings. The Hall–Kier alpha value is -1.40. The van der Waals surface area contributed by atoms with Crippen LogP contribution in [0.2, 0.25) is 0 Å². The molecule has 0 saturated carbocycles. The second-order valence-corrected chi connectivity index (χ2v) is 3.16. The minimum Gasteiger partial charge on any atom is -0.317 e. The predicted molar refractivity (Wildman–Crippen MR) is 51.1 cm³/mol. The quantitative estimate of drug-likeness (QED) is 0.502. The van der Waals surface area contributed by atoms with Gasteiger partial charge in [0.2, 0.25) is 5.91 Å². The average Bonchev–Trinajstić information content (AvgIpc) is 2.48. The summed E-state index contributed by atoms with van der Waals surface area (Å²) in [5.74, 6) is -0.131. The van der Waals surface area contributed by atoms with Crippen molar-refractivity contribution in [2.24, 2.45) is 5.10 Å². The monoisotopic (exact) mass is 199 g/mol. The fraction of sp³-hybridized carbons (Fsp3) is 0.143. The van der Waals surface area contributed by atoms with Gasteiger partial charge in [-0.25, -0.2) is 0 Å². The first-order chi connectivity index (χ1) is 6.24. The molecule has 0 aliphatic rings. The molecule has 1 aromatic heterocycles. The molecule has 0 atom stereocenters. The summed E-state index contributed by atoms with van der Waals surface area (Å²) in [6, 6.07) is 1.79. The normalized spacial score (nSPS) is 10.3. The van der Waals surface area contributed by atoms with Gasteiger partial charge in [-0.2, -0.15) is 10.7 Å². The Balaban J connectivity index is 2.76. The van der Waals surface area contributed by atoms with Crippen LogP contribution in [0.4, 0.5) is 5.00 Å². The Morgan fingerprint density at radius 1 is 1.77 bits per heavy atom. The van der Waals surface area contributed by atoms with E-state index in [9.17, 15) is 4.79 Å². The van der Waals surface area contributed by atoms with E-state index in [2.05, 4.69) is 10.4 Å². The van der Waals surface area contributed by atoms with E-state index in [1.807, 2.05) is 5.38 Å². The molecule has 1 amide bonds. The van der Waals surface area contributed by atoms with Gasteiger partial charge >= 0.3 is 0 Å². The molecule has 6 heteroatoms. The number of hydrogen-bond donors (Lipinski definition) is 3. The van der Waals surface area contributed by atoms with Crippen LogP contribution in [0.1, 0.15) is 12.5 Å². The minimum absolute atomic E-state index is 0.131. The lowest BCUT2D eigenvalue weighted by Crippen LogP contribution is -2.06. The number of rotatable bonds is 3. The van der Waals surface area contributed by atoms with Crippen LogP contribution >= 0.6 is 11.3 Å². The molecule has 0 bridgehead atoms. The lowest BCUT2D eigenvalue weighted by atomic mass is 10.3. The molecule has 1 heterocycles. The average molecular weight is 199 g/mol. The van der Waals surface area contributed by atoms with E-state index in [1.165, 1.54) is 24.5 Å². The van der Waals surface area contributed by atoms with Crippen LogP contribution in [0, 0.1) is 0 Å². The molecule has 0 aliphatic carbocycles. The maximum Gasteiger partial charge on any atom is 0.221 e. The second kappa shape index (κ2) is 4.58. The van der Waals surface area contributed by atoms with Gasteiger partial charge in [-0.05, 0) is 11.4 Å². The van der Waals surface area contributed by atoms with Crippen molar-refractivity contribution in [1.82, 2.24) is 5.59 Å². The lowest BCUT2D eigenvalue weighted by Gasteiger charge is -1.98. The number of amides is 1. The van der Waals surface area contributed by atoms with Gasteiger partial charge in [0.25, 0.3) is 0 Å². The van der Waals surface area contributed by atoms with E-state index >= 15 is 0 Å². The predicted octanol–water partition coefficient (Wildman–Crippen LogP) is 1.02. The van der Waals surface area contributed by atoms with Crippen LogP contribution in [0.15, 0.2) is 16.5 Å². The van der Waals surface area contributed by atoms with Crippen molar-refractivity contribution in [3.63, 3.8) is 0 Å². The highest BCUT2D eigenvalue weighted by molar-refractivity contribution is 7.14. The third-order valence-electron chi connectivity index (χ3n) is 1.25. The Bertz CT molecular complexity index is 321. The van der Waals surface area contributed by atoms with E-state index in [-0.39, 0.29) is 5.91 Å². The summed E-state index contributed by atoms with van der Waals surface area (Å²) in [5.41, 5.74) is 2.40. The zero-order valence-corrected chi connectivity index (χ0v) is 7.76. The summed E-state index contributed by atoms with van der Waals surface area (Å²) in [7, 11) is 0. The van der Waals surface area contributed by atoms with Gasteiger partial charge in [0.15, 0.2) is 0 Å². The van der Waals surface area contributed by atoms with Gasteiger partial charge in [-0.1, -0.05) is 0 Å². The van der Waals surface area contributed by atoms with Crippen molar-refractivity contribution in [1.29, 1.82) is 0 Å². The summed E-state index contributed by atoms with van der Waals surface area (Å²) >= 11 is 1.40. The van der Waals surface area contributed by atoms with Crippen molar-refractivity contribution in [2.75, 3.05) is 5.32 Å². The van der Waals surface area contributed by atoms with E-state index in [4.69, 9.17) is 5.21 Å². The van der Waals surface area contributed by atoms with Crippen LogP contribution in [0.5, 0.6) is 0 Å². The number of hydrogen-bond acceptors (Lipinski definition) is 5. The molecule has 0 radical (unpaired) electrons. The van der Waals surface area contributed by atoms with Gasteiger partial charge in [0, 0.05) is 12.5 Å². The molecule has 13 heavy (non-hydrogen) atoms. The summed E-state index contributed by atoms with van der Waals surface area (Å²) in [4.78, 5) is 10.7. The van der Waals surface area contributed by atoms with Crippen LogP contribution in [-0.2, 0) is 4.79 Å². The fourth-order valence-corrected chi connectivity index (χ4v) is 1.59. The maximum absolute atomic E-state index is 10.7. The van der Waals surface area contributed by atoms with Crippen molar-refractivity contribution >= 4 is 28.5 Å². The van der Waals surface area contributed by atoms with Crippen molar-refractivity contribution in [3.05, 3.63) is 17.0 Å². The number of nitrogens with zero attached hydrogens (tertiary/aromatic N) is 1. The zero-order valence-electron chi connectivity index (χ0n) is 6.94. The lowest BCUT2D eigenvalue weighted by molar-refractivity contribution is -0.114. The van der Waals surface area contributed by atoms with E-state index in [0.717, 1.165) is 5.56 Å². The molecule has 70 valence electrons. The molecule has 5 nitrogen and oxygen atoms in total. The minimum atomic E-state index is -0.131. The Morgan fingerprint density at radius 2 is 2.54 bits per heavy atom. The third kappa shape index (κ3) is 2.85. The largest absolute Gasteiger partial charge is 0.317 e. The standard InChI is InChI=1S/C7H9N3O2S/c1-5(11)9-7-6(2-3-13-7)4-8-10-12/h2-4,10,12H,1H3,(H,9,11)/b8-4-. The molecule has 0 spiro atoms. The molecule has 0 fully saturated rings. The van der Waals surface area contributed by atoms with E-state index in [1.54, 1.807) is 11.7 Å². The van der Waals surface area contributed by atoms with Crippen LogP contribution in [0.25, 0.3) is 0 Å². The van der Waals surface area contributed by atoms with Crippen LogP contribution in [-0.4, -0.2) is 17.3 Å². The van der Waals surface area contributed by atoms with Gasteiger partial charge in [-0.15, -0.1) is 11.3 Å². The number of thiophene rings is 1. The molecule has 0 unspecified atom stereocenters. The first-order valence-electron chi connectivity index (χ1n) is 3.51. The fourth-order valence-electron chi connectivity index (χ4n) is 0.781. The number of nitrogens with one attached hydrogen (secondary N) is 2. The van der Waals surface area contributed by atoms with E-state index in [0.29, 0.717) is 5.00 Å². The third-order valence-corrected chi connectivity index (χ3v) is 2.09. The van der Waals surface area contributed by atoms with Crippen LogP contribution in [0.3, 0.4) is 0 Å². The summed E-state index contributed by atoms with van der Waals surface area (Å²) < 4.78 is 0. The highest BCUT2D eigenvalue weighted by atomic mass is 32.1. The topological polar surface area (TPSA) is 73.7 Å². The molecule has 0 aliphatic heterocycles. The van der Waals surface area contributed by atoms with Gasteiger partial charge in [0.1, 0.15) is 5.00 Å². The van der Waals surface area contributed by atoms with Crippen LogP contribution < -0.4 is 10.9 Å². The van der Waals surface area contributed by atoms with Crippen molar-refractivity contribution in [2.45, 2.75) is 6.92 Å². The number of carbonyl (C=O) groups excluding carboxylic acids is 1. The highest BCUT2D eigenvalue weighted by Gasteiger charge is 2.02. The molecular weight excluding hydrogens is 190 g/mol. The molecule has 1 rings (SSSR count). The maximum atomic E-state index is 10.7. The Morgan fingerprint density at radius 3 is 3.15 bits per heavy atom. The van der Waals surface area contributed by atoms with Gasteiger partial charge in [-0.3, -0.25) is 10.0 Å². The Kier molecular flexibility index (Phi) is 3.41. The summed E-state index contributed by atoms with van der Waals surface area (Å²) in [6.45, 7) is 1.44. The Labute approximate surface area is 79.0 Å². The first-order valence-corrected chi connectivity index (χ1v) is 4.39. The van der Waals surface area contributed by atoms with Gasteiger partial charge < -0.3 is 5.32 Å². The summed E-state index contributed by atoms with van der Waals surface area (Å²) in [5, 5.41) is 16.8. The first kappa shape index (κ1) is 9.69. The molecule has 0 saturated heterocycles. The molecule has 3 N–H and O–H groups in total. The second-order valence-electron chi connectivity index (χ2n) is 2.24. The van der Waals surface area contributed by atoms with Crippen molar-refractivity contribution in [3.8, 4) is 0 Å². The number of anilines is 1. The number of hydrazone groups is 1. The van der Waals surface area contributed by atoms with Crippen molar-refractivity contribution < 1.29 is 10.0 Å². The highest BCUT2D eigenvalue weighted by Crippen LogP contribution is 2.21. The van der Waals surface area contributed by atoms with Gasteiger partial charge in [0.05, 0.1) is 6.21 Å². The van der Waals surface area contributed by atoms with E-state index < -0.39 is 0 Å². The number of carbonyl (C=O) groups is 1. The summed E-state index contributed by atoms with van der Waals surface area (Å²) in [6.07, 6.45) is 1.42. The zero-order chi connectivity index (χ0) is 9.68. The molecule has 0 aromatic carbocycles.